The standard InChI is InChI=1S/C19H23N3O3/c1-3-25-18-9-5-4-8-17(18)22(15(2)23)12-10-19(24)21-14-16-7-6-11-20-13-16/h4-9,11,13H,3,10,12,14H2,1-2H3,(H,21,24). The fraction of sp³-hybridized carbons (Fsp3) is 0.316. The number of para-hydroxylation sites is 2. The Morgan fingerprint density at radius 2 is 2.00 bits per heavy atom. The van der Waals surface area contributed by atoms with Crippen LogP contribution in [0.2, 0.25) is 0 Å². The Morgan fingerprint density at radius 3 is 2.68 bits per heavy atom. The zero-order chi connectivity index (χ0) is 18.1. The number of nitrogens with one attached hydrogen (secondary N) is 1. The summed E-state index contributed by atoms with van der Waals surface area (Å²) in [6, 6.07) is 11.1. The predicted octanol–water partition coefficient (Wildman–Crippen LogP) is 2.54. The number of pyridine rings is 1. The van der Waals surface area contributed by atoms with Gasteiger partial charge >= 0.3 is 0 Å². The number of hydrogen-bond donors (Lipinski definition) is 1. The van der Waals surface area contributed by atoms with Crippen molar-refractivity contribution in [2.24, 2.45) is 0 Å². The fourth-order valence-electron chi connectivity index (χ4n) is 2.41. The van der Waals surface area contributed by atoms with E-state index in [0.29, 0.717) is 24.6 Å². The van der Waals surface area contributed by atoms with Gasteiger partial charge in [0.1, 0.15) is 5.75 Å². The number of ether oxygens (including phenoxy) is 1. The molecule has 0 spiro atoms. The van der Waals surface area contributed by atoms with Gasteiger partial charge in [0.2, 0.25) is 11.8 Å². The molecule has 0 saturated carbocycles. The third-order valence-corrected chi connectivity index (χ3v) is 3.61. The Bertz CT molecular complexity index is 704. The highest BCUT2D eigenvalue weighted by Crippen LogP contribution is 2.28. The van der Waals surface area contributed by atoms with E-state index in [1.807, 2.05) is 43.3 Å². The van der Waals surface area contributed by atoms with Crippen LogP contribution in [0.5, 0.6) is 5.75 Å². The molecule has 0 unspecified atom stereocenters. The molecule has 0 fully saturated rings. The van der Waals surface area contributed by atoms with E-state index in [4.69, 9.17) is 4.74 Å². The number of aromatic nitrogens is 1. The van der Waals surface area contributed by atoms with E-state index in [9.17, 15) is 9.59 Å². The highest BCUT2D eigenvalue weighted by atomic mass is 16.5. The van der Waals surface area contributed by atoms with Gasteiger partial charge in [-0.3, -0.25) is 14.6 Å². The fourth-order valence-corrected chi connectivity index (χ4v) is 2.41. The van der Waals surface area contributed by atoms with Gasteiger partial charge in [0, 0.05) is 38.8 Å². The van der Waals surface area contributed by atoms with Crippen LogP contribution in [0.3, 0.4) is 0 Å². The Balaban J connectivity index is 1.96. The van der Waals surface area contributed by atoms with Crippen LogP contribution >= 0.6 is 0 Å². The molecule has 1 aromatic carbocycles. The lowest BCUT2D eigenvalue weighted by molar-refractivity contribution is -0.121. The van der Waals surface area contributed by atoms with Crippen LogP contribution in [0.15, 0.2) is 48.8 Å². The van der Waals surface area contributed by atoms with Crippen LogP contribution < -0.4 is 15.0 Å². The molecule has 1 heterocycles. The molecule has 2 aromatic rings. The van der Waals surface area contributed by atoms with Gasteiger partial charge in [-0.2, -0.15) is 0 Å². The number of rotatable bonds is 8. The number of carbonyl (C=O) groups excluding carboxylic acids is 2. The zero-order valence-corrected chi connectivity index (χ0v) is 14.6. The first kappa shape index (κ1) is 18.4. The van der Waals surface area contributed by atoms with Crippen molar-refractivity contribution in [1.82, 2.24) is 10.3 Å². The van der Waals surface area contributed by atoms with E-state index in [0.717, 1.165) is 5.56 Å². The average molecular weight is 341 g/mol. The van der Waals surface area contributed by atoms with Crippen LogP contribution in [-0.4, -0.2) is 29.9 Å². The topological polar surface area (TPSA) is 71.5 Å². The molecular formula is C19H23N3O3. The molecule has 132 valence electrons. The highest BCUT2D eigenvalue weighted by molar-refractivity contribution is 5.93. The first-order valence-electron chi connectivity index (χ1n) is 8.27. The second-order valence-electron chi connectivity index (χ2n) is 5.46. The van der Waals surface area contributed by atoms with Crippen LogP contribution in [0.4, 0.5) is 5.69 Å². The average Bonchev–Trinajstić information content (AvgIpc) is 2.62. The number of benzene rings is 1. The molecule has 0 radical (unpaired) electrons. The van der Waals surface area contributed by atoms with Crippen molar-refractivity contribution < 1.29 is 14.3 Å². The van der Waals surface area contributed by atoms with E-state index in [1.165, 1.54) is 6.92 Å². The molecular weight excluding hydrogens is 318 g/mol. The van der Waals surface area contributed by atoms with Gasteiger partial charge in [-0.1, -0.05) is 18.2 Å². The Hall–Kier alpha value is -2.89. The highest BCUT2D eigenvalue weighted by Gasteiger charge is 2.17. The van der Waals surface area contributed by atoms with Crippen LogP contribution in [-0.2, 0) is 16.1 Å². The Kier molecular flexibility index (Phi) is 6.95. The lowest BCUT2D eigenvalue weighted by atomic mass is 10.2. The lowest BCUT2D eigenvalue weighted by Crippen LogP contribution is -2.34. The van der Waals surface area contributed by atoms with Crippen molar-refractivity contribution in [3.63, 3.8) is 0 Å². The molecule has 0 aliphatic carbocycles. The van der Waals surface area contributed by atoms with Gasteiger partial charge < -0.3 is 15.0 Å². The van der Waals surface area contributed by atoms with E-state index in [-0.39, 0.29) is 24.8 Å². The molecule has 0 bridgehead atoms. The van der Waals surface area contributed by atoms with Crippen LogP contribution in [0.25, 0.3) is 0 Å². The summed E-state index contributed by atoms with van der Waals surface area (Å²) in [4.78, 5) is 29.7. The van der Waals surface area contributed by atoms with Crippen LogP contribution in [0.1, 0.15) is 25.8 Å². The largest absolute Gasteiger partial charge is 0.492 e. The van der Waals surface area contributed by atoms with E-state index < -0.39 is 0 Å². The second-order valence-corrected chi connectivity index (χ2v) is 5.46. The van der Waals surface area contributed by atoms with Gasteiger partial charge in [-0.25, -0.2) is 0 Å². The molecule has 0 saturated heterocycles. The van der Waals surface area contributed by atoms with Crippen molar-refractivity contribution >= 4 is 17.5 Å². The molecule has 0 aliphatic heterocycles. The summed E-state index contributed by atoms with van der Waals surface area (Å²) in [6.07, 6.45) is 3.60. The molecule has 2 amide bonds. The second kappa shape index (κ2) is 9.42. The van der Waals surface area contributed by atoms with Crippen molar-refractivity contribution in [2.45, 2.75) is 26.8 Å². The Labute approximate surface area is 147 Å². The predicted molar refractivity (Wildman–Crippen MR) is 96.3 cm³/mol. The summed E-state index contributed by atoms with van der Waals surface area (Å²) in [6.45, 7) is 4.59. The third-order valence-electron chi connectivity index (χ3n) is 3.61. The normalized spacial score (nSPS) is 10.2. The van der Waals surface area contributed by atoms with E-state index in [1.54, 1.807) is 17.3 Å². The molecule has 6 heteroatoms. The summed E-state index contributed by atoms with van der Waals surface area (Å²) >= 11 is 0. The monoisotopic (exact) mass is 341 g/mol. The first-order valence-corrected chi connectivity index (χ1v) is 8.27. The molecule has 6 nitrogen and oxygen atoms in total. The molecule has 2 rings (SSSR count). The number of anilines is 1. The number of amides is 2. The first-order chi connectivity index (χ1) is 12.1. The lowest BCUT2D eigenvalue weighted by Gasteiger charge is -2.23. The van der Waals surface area contributed by atoms with Crippen molar-refractivity contribution in [3.05, 3.63) is 54.4 Å². The van der Waals surface area contributed by atoms with Crippen molar-refractivity contribution in [1.29, 1.82) is 0 Å². The molecule has 0 aliphatic rings. The minimum Gasteiger partial charge on any atom is -0.492 e. The van der Waals surface area contributed by atoms with Gasteiger partial charge in [-0.05, 0) is 30.7 Å². The summed E-state index contributed by atoms with van der Waals surface area (Å²) in [7, 11) is 0. The summed E-state index contributed by atoms with van der Waals surface area (Å²) in [5.41, 5.74) is 1.61. The van der Waals surface area contributed by atoms with E-state index >= 15 is 0 Å². The maximum atomic E-state index is 12.1. The summed E-state index contributed by atoms with van der Waals surface area (Å²) < 4.78 is 5.58. The summed E-state index contributed by atoms with van der Waals surface area (Å²) in [5, 5.41) is 2.84. The quantitative estimate of drug-likeness (QED) is 0.801. The zero-order valence-electron chi connectivity index (χ0n) is 14.6. The smallest absolute Gasteiger partial charge is 0.223 e. The van der Waals surface area contributed by atoms with E-state index in [2.05, 4.69) is 10.3 Å². The number of nitrogens with zero attached hydrogens (tertiary/aromatic N) is 2. The maximum absolute atomic E-state index is 12.1. The number of carbonyl (C=O) groups is 2. The number of hydrogen-bond acceptors (Lipinski definition) is 4. The third kappa shape index (κ3) is 5.60. The maximum Gasteiger partial charge on any atom is 0.223 e. The molecule has 25 heavy (non-hydrogen) atoms. The Morgan fingerprint density at radius 1 is 1.20 bits per heavy atom. The van der Waals surface area contributed by atoms with Gasteiger partial charge in [0.25, 0.3) is 0 Å². The molecule has 1 aromatic heterocycles. The van der Waals surface area contributed by atoms with Crippen molar-refractivity contribution in [3.8, 4) is 5.75 Å². The SMILES string of the molecule is CCOc1ccccc1N(CCC(=O)NCc1cccnc1)C(C)=O. The van der Waals surface area contributed by atoms with Crippen LogP contribution in [0, 0.1) is 0 Å². The minimum atomic E-state index is -0.132. The van der Waals surface area contributed by atoms with Gasteiger partial charge in [0.15, 0.2) is 0 Å². The molecule has 0 atom stereocenters. The minimum absolute atomic E-state index is 0.121. The summed E-state index contributed by atoms with van der Waals surface area (Å²) in [5.74, 6) is 0.382. The molecule has 1 N–H and O–H groups in total. The van der Waals surface area contributed by atoms with Gasteiger partial charge in [-0.15, -0.1) is 0 Å². The van der Waals surface area contributed by atoms with Gasteiger partial charge in [0.05, 0.1) is 12.3 Å². The van der Waals surface area contributed by atoms with Crippen molar-refractivity contribution in [2.75, 3.05) is 18.1 Å².